The number of hydrogen-bond donors (Lipinski definition) is 2. The molecular formula is C38H46O7. The van der Waals surface area contributed by atoms with E-state index in [0.717, 1.165) is 30.3 Å². The van der Waals surface area contributed by atoms with Crippen LogP contribution in [0, 0.1) is 11.8 Å². The molecule has 1 saturated heterocycles. The molecule has 45 heavy (non-hydrogen) atoms. The van der Waals surface area contributed by atoms with Gasteiger partial charge in [0, 0.05) is 35.0 Å². The van der Waals surface area contributed by atoms with Crippen molar-refractivity contribution in [1.82, 2.24) is 0 Å². The lowest BCUT2D eigenvalue weighted by Crippen LogP contribution is -2.72. The number of phenolic OH excluding ortho intramolecular Hbond substituents is 2. The molecule has 2 heterocycles. The van der Waals surface area contributed by atoms with Crippen molar-refractivity contribution >= 4 is 17.9 Å². The Bertz CT molecular complexity index is 1620. The van der Waals surface area contributed by atoms with E-state index in [1.54, 1.807) is 19.1 Å². The van der Waals surface area contributed by atoms with Crippen LogP contribution in [0.5, 0.6) is 17.2 Å². The summed E-state index contributed by atoms with van der Waals surface area (Å²) in [5.74, 6) is -1.83. The van der Waals surface area contributed by atoms with Crippen LogP contribution >= 0.6 is 0 Å². The lowest BCUT2D eigenvalue weighted by atomic mass is 9.51. The highest BCUT2D eigenvalue weighted by molar-refractivity contribution is 6.18. The lowest BCUT2D eigenvalue weighted by molar-refractivity contribution is -0.171. The Labute approximate surface area is 266 Å². The number of rotatable bonds is 10. The molecule has 2 aliphatic heterocycles. The second-order valence-corrected chi connectivity index (χ2v) is 14.2. The molecule has 1 aromatic carbocycles. The largest absolute Gasteiger partial charge is 0.507 e. The number of ketones is 2. The maximum Gasteiger partial charge on any atom is 0.200 e. The van der Waals surface area contributed by atoms with E-state index in [0.29, 0.717) is 23.1 Å². The third-order valence-electron chi connectivity index (χ3n) is 10.0. The molecular weight excluding hydrogens is 568 g/mol. The van der Waals surface area contributed by atoms with E-state index >= 15 is 0 Å². The molecule has 2 fully saturated rings. The van der Waals surface area contributed by atoms with Crippen LogP contribution < -0.4 is 4.74 Å². The number of phenols is 2. The first-order valence-electron chi connectivity index (χ1n) is 16.0. The molecule has 240 valence electrons. The van der Waals surface area contributed by atoms with Gasteiger partial charge in [-0.05, 0) is 93.1 Å². The highest BCUT2D eigenvalue weighted by Gasteiger charge is 2.81. The Morgan fingerprint density at radius 2 is 1.60 bits per heavy atom. The van der Waals surface area contributed by atoms with E-state index in [1.165, 1.54) is 5.57 Å². The van der Waals surface area contributed by atoms with Crippen LogP contribution in [0.3, 0.4) is 0 Å². The smallest absolute Gasteiger partial charge is 0.200 e. The maximum absolute atomic E-state index is 14.7. The van der Waals surface area contributed by atoms with Crippen LogP contribution in [-0.2, 0) is 27.2 Å². The molecule has 4 unspecified atom stereocenters. The van der Waals surface area contributed by atoms with Crippen molar-refractivity contribution in [2.24, 2.45) is 11.8 Å². The number of carbonyl (C=O) groups is 3. The van der Waals surface area contributed by atoms with E-state index in [4.69, 9.17) is 9.47 Å². The normalized spacial score (nSPS) is 27.8. The van der Waals surface area contributed by atoms with Gasteiger partial charge in [-0.3, -0.25) is 14.4 Å². The summed E-state index contributed by atoms with van der Waals surface area (Å²) in [4.78, 5) is 40.4. The van der Waals surface area contributed by atoms with Gasteiger partial charge in [-0.25, -0.2) is 0 Å². The molecule has 7 nitrogen and oxygen atoms in total. The molecule has 3 aliphatic carbocycles. The molecule has 1 spiro atoms. The van der Waals surface area contributed by atoms with Crippen molar-refractivity contribution in [3.63, 3.8) is 0 Å². The van der Waals surface area contributed by atoms with E-state index in [2.05, 4.69) is 19.9 Å². The SMILES string of the molecule is CC(C)=CCC/C(C)=C/Cc1c(O)c(CC=C(C)C)c2c(c1O)C(=O)C1=CC3CC4C(C)(C)OC(C/C=C(/C)C=O)(C3=O)C14O2. The fraction of sp³-hybridized carbons (Fsp3) is 0.500. The summed E-state index contributed by atoms with van der Waals surface area (Å²) < 4.78 is 13.7. The summed E-state index contributed by atoms with van der Waals surface area (Å²) >= 11 is 0. The number of benzene rings is 1. The molecule has 0 aromatic heterocycles. The van der Waals surface area contributed by atoms with Crippen molar-refractivity contribution in [2.75, 3.05) is 0 Å². The monoisotopic (exact) mass is 614 g/mol. The van der Waals surface area contributed by atoms with Gasteiger partial charge in [-0.1, -0.05) is 47.1 Å². The summed E-state index contributed by atoms with van der Waals surface area (Å²) in [7, 11) is 0. The number of ether oxygens (including phenoxy) is 2. The zero-order valence-corrected chi connectivity index (χ0v) is 27.8. The first kappa shape index (κ1) is 32.7. The Morgan fingerprint density at radius 3 is 2.24 bits per heavy atom. The van der Waals surface area contributed by atoms with Crippen LogP contribution in [0.2, 0.25) is 0 Å². The molecule has 2 N–H and O–H groups in total. The minimum Gasteiger partial charge on any atom is -0.507 e. The van der Waals surface area contributed by atoms with E-state index in [-0.39, 0.29) is 59.3 Å². The number of allylic oxidation sites excluding steroid dienone is 8. The highest BCUT2D eigenvalue weighted by Crippen LogP contribution is 2.68. The quantitative estimate of drug-likeness (QED) is 0.161. The van der Waals surface area contributed by atoms with Gasteiger partial charge >= 0.3 is 0 Å². The minimum absolute atomic E-state index is 0.0133. The van der Waals surface area contributed by atoms with E-state index in [1.807, 2.05) is 46.8 Å². The summed E-state index contributed by atoms with van der Waals surface area (Å²) in [6.07, 6.45) is 12.9. The van der Waals surface area contributed by atoms with Gasteiger partial charge in [0.25, 0.3) is 0 Å². The lowest BCUT2D eigenvalue weighted by Gasteiger charge is -2.56. The van der Waals surface area contributed by atoms with Crippen LogP contribution in [0.25, 0.3) is 0 Å². The average Bonchev–Trinajstić information content (AvgIpc) is 3.12. The summed E-state index contributed by atoms with van der Waals surface area (Å²) in [5.41, 5.74) is 0.953. The molecule has 6 rings (SSSR count). The molecule has 5 aliphatic rings. The molecule has 0 amide bonds. The molecule has 7 heteroatoms. The summed E-state index contributed by atoms with van der Waals surface area (Å²) in [6.45, 7) is 15.5. The molecule has 4 bridgehead atoms. The number of hydrogen-bond acceptors (Lipinski definition) is 7. The Kier molecular flexibility index (Phi) is 8.41. The van der Waals surface area contributed by atoms with Gasteiger partial charge in [-0.15, -0.1) is 0 Å². The number of Topliss-reactive ketones (excluding diaryl/α,β-unsaturated/α-hetero) is 2. The van der Waals surface area contributed by atoms with Crippen LogP contribution in [0.15, 0.2) is 58.2 Å². The second kappa shape index (κ2) is 11.6. The predicted octanol–water partition coefficient (Wildman–Crippen LogP) is 7.38. The van der Waals surface area contributed by atoms with Gasteiger partial charge in [0.15, 0.2) is 22.8 Å². The van der Waals surface area contributed by atoms with Gasteiger partial charge in [0.2, 0.25) is 0 Å². The Hall–Kier alpha value is -3.71. The van der Waals surface area contributed by atoms with Crippen molar-refractivity contribution in [1.29, 1.82) is 0 Å². The first-order valence-corrected chi connectivity index (χ1v) is 16.0. The highest BCUT2D eigenvalue weighted by atomic mass is 16.6. The predicted molar refractivity (Wildman–Crippen MR) is 174 cm³/mol. The van der Waals surface area contributed by atoms with Crippen molar-refractivity contribution in [3.8, 4) is 17.2 Å². The fourth-order valence-corrected chi connectivity index (χ4v) is 7.77. The zero-order chi connectivity index (χ0) is 33.1. The van der Waals surface area contributed by atoms with E-state index in [9.17, 15) is 24.6 Å². The van der Waals surface area contributed by atoms with Crippen molar-refractivity contribution in [2.45, 2.75) is 111 Å². The van der Waals surface area contributed by atoms with Crippen LogP contribution in [0.4, 0.5) is 0 Å². The third-order valence-corrected chi connectivity index (χ3v) is 10.0. The standard InChI is InChI=1S/C38H46O7/c1-21(2)10-9-11-23(5)13-15-26-31(40)27(14-12-22(3)4)34-30(32(26)41)33(42)28-18-25-19-29-36(7,8)45-37(35(25)43,38(28,29)44-34)17-16-24(6)20-39/h10,12-13,16,18,20,25,29,40-41H,9,11,14-15,17,19H2,1-8H3/b23-13+,24-16-. The van der Waals surface area contributed by atoms with Crippen LogP contribution in [0.1, 0.15) is 103 Å². The number of aldehydes is 1. The minimum atomic E-state index is -1.55. The first-order chi connectivity index (χ1) is 21.1. The second-order valence-electron chi connectivity index (χ2n) is 14.2. The van der Waals surface area contributed by atoms with Gasteiger partial charge in [0.05, 0.1) is 5.60 Å². The van der Waals surface area contributed by atoms with E-state index < -0.39 is 28.5 Å². The average molecular weight is 615 g/mol. The molecule has 1 aromatic rings. The zero-order valence-electron chi connectivity index (χ0n) is 27.8. The van der Waals surface area contributed by atoms with Crippen LogP contribution in [-0.4, -0.2) is 44.9 Å². The molecule has 1 saturated carbocycles. The maximum atomic E-state index is 14.7. The van der Waals surface area contributed by atoms with Gasteiger partial charge in [-0.2, -0.15) is 0 Å². The number of carbonyl (C=O) groups excluding carboxylic acids is 3. The number of aromatic hydroxyl groups is 2. The topological polar surface area (TPSA) is 110 Å². The van der Waals surface area contributed by atoms with Gasteiger partial charge in [0.1, 0.15) is 29.1 Å². The Balaban J connectivity index is 1.71. The Morgan fingerprint density at radius 1 is 0.933 bits per heavy atom. The summed E-state index contributed by atoms with van der Waals surface area (Å²) in [5, 5.41) is 23.4. The summed E-state index contributed by atoms with van der Waals surface area (Å²) in [6, 6.07) is 0. The third kappa shape index (κ3) is 5.04. The van der Waals surface area contributed by atoms with Crippen molar-refractivity contribution < 1.29 is 34.1 Å². The molecule has 0 radical (unpaired) electrons. The van der Waals surface area contributed by atoms with Gasteiger partial charge < -0.3 is 19.7 Å². The van der Waals surface area contributed by atoms with Crippen molar-refractivity contribution in [3.05, 3.63) is 74.9 Å². The fourth-order valence-electron chi connectivity index (χ4n) is 7.77. The molecule has 4 atom stereocenters. The number of fused-ring (bicyclic) bond motifs is 1.